The zero-order valence-corrected chi connectivity index (χ0v) is 27.1. The molecule has 236 valence electrons. The highest BCUT2D eigenvalue weighted by Gasteiger charge is 2.18. The maximum atomic E-state index is 13.6. The van der Waals surface area contributed by atoms with E-state index in [1.807, 2.05) is 66.7 Å². The van der Waals surface area contributed by atoms with Crippen molar-refractivity contribution >= 4 is 58.5 Å². The molecule has 5 aromatic rings. The van der Waals surface area contributed by atoms with Crippen LogP contribution in [0, 0.1) is 0 Å². The number of para-hydroxylation sites is 1. The molecule has 5 aromatic carbocycles. The molecule has 0 bridgehead atoms. The lowest BCUT2D eigenvalue weighted by Crippen LogP contribution is -2.30. The summed E-state index contributed by atoms with van der Waals surface area (Å²) in [6.07, 6.45) is 1.61. The van der Waals surface area contributed by atoms with Gasteiger partial charge in [0.2, 0.25) is 5.91 Å². The Morgan fingerprint density at radius 3 is 2.19 bits per heavy atom. The van der Waals surface area contributed by atoms with Gasteiger partial charge in [-0.1, -0.05) is 90.5 Å². The number of carbonyl (C=O) groups excluding carboxylic acids is 3. The van der Waals surface area contributed by atoms with Gasteiger partial charge >= 0.3 is 0 Å². The largest absolute Gasteiger partial charge is 0.489 e. The number of benzene rings is 5. The molecule has 0 aromatic heterocycles. The fourth-order valence-electron chi connectivity index (χ4n) is 4.41. The molecule has 9 heteroatoms. The molecule has 3 amide bonds. The summed E-state index contributed by atoms with van der Waals surface area (Å²) < 4.78 is 5.89. The summed E-state index contributed by atoms with van der Waals surface area (Å²) in [6, 6.07) is 40.0. The number of anilines is 2. The van der Waals surface area contributed by atoms with E-state index in [0.717, 1.165) is 10.5 Å². The van der Waals surface area contributed by atoms with Gasteiger partial charge in [0, 0.05) is 16.1 Å². The predicted octanol–water partition coefficient (Wildman–Crippen LogP) is 8.45. The molecule has 7 nitrogen and oxygen atoms in total. The van der Waals surface area contributed by atoms with Crippen LogP contribution < -0.4 is 20.7 Å². The molecule has 5 rings (SSSR count). The van der Waals surface area contributed by atoms with Crippen LogP contribution in [0.15, 0.2) is 144 Å². The van der Waals surface area contributed by atoms with Crippen molar-refractivity contribution in [2.75, 3.05) is 10.6 Å². The van der Waals surface area contributed by atoms with Crippen LogP contribution in [-0.4, -0.2) is 23.0 Å². The van der Waals surface area contributed by atoms with Crippen LogP contribution in [0.3, 0.4) is 0 Å². The lowest BCUT2D eigenvalue weighted by molar-refractivity contribution is -0.115. The van der Waals surface area contributed by atoms with E-state index in [2.05, 4.69) is 16.0 Å². The second-order valence-electron chi connectivity index (χ2n) is 10.4. The van der Waals surface area contributed by atoms with E-state index in [0.29, 0.717) is 39.9 Å². The Morgan fingerprint density at radius 1 is 0.787 bits per heavy atom. The smallest absolute Gasteiger partial charge is 0.272 e. The number of rotatable bonds is 12. The zero-order valence-electron chi connectivity index (χ0n) is 25.5. The van der Waals surface area contributed by atoms with Gasteiger partial charge in [0.05, 0.1) is 16.0 Å². The average molecular weight is 662 g/mol. The lowest BCUT2D eigenvalue weighted by Gasteiger charge is -2.14. The Hall–Kier alpha value is -5.31. The third kappa shape index (κ3) is 9.84. The molecule has 0 saturated carbocycles. The van der Waals surface area contributed by atoms with Gasteiger partial charge < -0.3 is 20.7 Å². The second kappa shape index (κ2) is 16.3. The molecular formula is C38H32ClN3O4S. The fraction of sp³-hybridized carbons (Fsp3) is 0.0789. The summed E-state index contributed by atoms with van der Waals surface area (Å²) in [6.45, 7) is 2.22. The molecule has 1 atom stereocenters. The van der Waals surface area contributed by atoms with Gasteiger partial charge in [-0.3, -0.25) is 14.4 Å². The predicted molar refractivity (Wildman–Crippen MR) is 190 cm³/mol. The highest BCUT2D eigenvalue weighted by atomic mass is 35.5. The Labute approximate surface area is 283 Å². The number of carbonyl (C=O) groups is 3. The van der Waals surface area contributed by atoms with E-state index in [1.165, 1.54) is 11.8 Å². The van der Waals surface area contributed by atoms with Crippen molar-refractivity contribution < 1.29 is 19.1 Å². The maximum absolute atomic E-state index is 13.6. The molecule has 1 unspecified atom stereocenters. The Morgan fingerprint density at radius 2 is 1.47 bits per heavy atom. The quantitative estimate of drug-likeness (QED) is 0.0921. The topological polar surface area (TPSA) is 96.5 Å². The van der Waals surface area contributed by atoms with Crippen LogP contribution in [0.25, 0.3) is 6.08 Å². The van der Waals surface area contributed by atoms with Crippen molar-refractivity contribution in [3.05, 3.63) is 161 Å². The summed E-state index contributed by atoms with van der Waals surface area (Å²) in [5.41, 5.74) is 3.26. The molecule has 0 radical (unpaired) electrons. The summed E-state index contributed by atoms with van der Waals surface area (Å²) in [5.74, 6) is -0.458. The summed E-state index contributed by atoms with van der Waals surface area (Å²) in [7, 11) is 0. The average Bonchev–Trinajstić information content (AvgIpc) is 3.09. The fourth-order valence-corrected chi connectivity index (χ4v) is 5.52. The molecule has 47 heavy (non-hydrogen) atoms. The summed E-state index contributed by atoms with van der Waals surface area (Å²) in [4.78, 5) is 40.2. The maximum Gasteiger partial charge on any atom is 0.272 e. The molecule has 3 N–H and O–H groups in total. The Bertz CT molecular complexity index is 1870. The second-order valence-corrected chi connectivity index (χ2v) is 12.3. The highest BCUT2D eigenvalue weighted by molar-refractivity contribution is 8.00. The molecule has 0 aliphatic heterocycles. The Kier molecular flexibility index (Phi) is 11.5. The van der Waals surface area contributed by atoms with Crippen LogP contribution in [0.1, 0.15) is 28.4 Å². The van der Waals surface area contributed by atoms with Crippen molar-refractivity contribution in [2.45, 2.75) is 23.7 Å². The van der Waals surface area contributed by atoms with Gasteiger partial charge in [0.1, 0.15) is 18.1 Å². The first-order valence-corrected chi connectivity index (χ1v) is 16.1. The number of ether oxygens (including phenoxy) is 1. The SMILES string of the molecule is CC(Sc1cccc(NC(=O)/C(=C/c2ccc(OCc3ccccc3)cc2)NC(=O)c2ccccc2)c1)C(=O)Nc1ccccc1Cl. The van der Waals surface area contributed by atoms with E-state index >= 15 is 0 Å². The first-order chi connectivity index (χ1) is 22.8. The van der Waals surface area contributed by atoms with Gasteiger partial charge in [-0.15, -0.1) is 11.8 Å². The zero-order chi connectivity index (χ0) is 33.0. The first kappa shape index (κ1) is 33.1. The van der Waals surface area contributed by atoms with E-state index in [1.54, 1.807) is 79.7 Å². The van der Waals surface area contributed by atoms with Crippen molar-refractivity contribution in [1.82, 2.24) is 5.32 Å². The minimum atomic E-state index is -0.509. The third-order valence-electron chi connectivity index (χ3n) is 6.87. The van der Waals surface area contributed by atoms with Crippen molar-refractivity contribution in [3.8, 4) is 5.75 Å². The molecule has 0 saturated heterocycles. The van der Waals surface area contributed by atoms with Crippen LogP contribution in [0.5, 0.6) is 5.75 Å². The number of hydrogen-bond acceptors (Lipinski definition) is 5. The number of nitrogens with one attached hydrogen (secondary N) is 3. The van der Waals surface area contributed by atoms with Gasteiger partial charge in [0.15, 0.2) is 0 Å². The molecule has 0 heterocycles. The van der Waals surface area contributed by atoms with Crippen LogP contribution in [0.2, 0.25) is 5.02 Å². The van der Waals surface area contributed by atoms with Crippen molar-refractivity contribution in [3.63, 3.8) is 0 Å². The van der Waals surface area contributed by atoms with Crippen LogP contribution >= 0.6 is 23.4 Å². The normalized spacial score (nSPS) is 11.7. The number of halogens is 1. The Balaban J connectivity index is 1.29. The standard InChI is InChI=1S/C38H32ClN3O4S/c1-26(36(43)41-34-18-9-8-17-33(34)39)47-32-16-10-15-30(24-32)40-38(45)35(42-37(44)29-13-6-3-7-14-29)23-27-19-21-31(22-20-27)46-25-28-11-4-2-5-12-28/h2-24,26H,25H2,1H3,(H,40,45)(H,41,43)(H,42,44)/b35-23-. The van der Waals surface area contributed by atoms with Crippen LogP contribution in [0.4, 0.5) is 11.4 Å². The molecule has 0 fully saturated rings. The van der Waals surface area contributed by atoms with Gasteiger partial charge in [-0.05, 0) is 78.7 Å². The summed E-state index contributed by atoms with van der Waals surface area (Å²) in [5, 5.41) is 8.50. The van der Waals surface area contributed by atoms with Crippen molar-refractivity contribution in [2.24, 2.45) is 0 Å². The van der Waals surface area contributed by atoms with Gasteiger partial charge in [0.25, 0.3) is 11.8 Å². The lowest BCUT2D eigenvalue weighted by atomic mass is 10.1. The number of hydrogen-bond donors (Lipinski definition) is 3. The molecule has 0 spiro atoms. The molecular weight excluding hydrogens is 630 g/mol. The number of thioether (sulfide) groups is 1. The first-order valence-electron chi connectivity index (χ1n) is 14.8. The van der Waals surface area contributed by atoms with Crippen molar-refractivity contribution in [1.29, 1.82) is 0 Å². The van der Waals surface area contributed by atoms with E-state index in [9.17, 15) is 14.4 Å². The van der Waals surface area contributed by atoms with Gasteiger partial charge in [-0.2, -0.15) is 0 Å². The van der Waals surface area contributed by atoms with E-state index in [-0.39, 0.29) is 11.6 Å². The van der Waals surface area contributed by atoms with E-state index in [4.69, 9.17) is 16.3 Å². The van der Waals surface area contributed by atoms with E-state index < -0.39 is 17.1 Å². The summed E-state index contributed by atoms with van der Waals surface area (Å²) >= 11 is 7.53. The third-order valence-corrected chi connectivity index (χ3v) is 8.30. The monoisotopic (exact) mass is 661 g/mol. The number of amides is 3. The molecule has 0 aliphatic rings. The minimum Gasteiger partial charge on any atom is -0.489 e. The molecule has 0 aliphatic carbocycles. The van der Waals surface area contributed by atoms with Crippen LogP contribution in [-0.2, 0) is 16.2 Å². The minimum absolute atomic E-state index is 0.0577. The van der Waals surface area contributed by atoms with Gasteiger partial charge in [-0.25, -0.2) is 0 Å². The highest BCUT2D eigenvalue weighted by Crippen LogP contribution is 2.28.